The van der Waals surface area contributed by atoms with Crippen LogP contribution >= 0.6 is 7.82 Å². The number of esters is 2. The summed E-state index contributed by atoms with van der Waals surface area (Å²) in [4.78, 5) is 35.8. The fourth-order valence-corrected chi connectivity index (χ4v) is 9.09. The zero-order valence-corrected chi connectivity index (χ0v) is 40.1. The minimum absolute atomic E-state index is 0.105. The van der Waals surface area contributed by atoms with Crippen molar-refractivity contribution in [3.8, 4) is 0 Å². The first-order valence-electron chi connectivity index (χ1n) is 25.3. The smallest absolute Gasteiger partial charge is 0.462 e. The summed E-state index contributed by atoms with van der Waals surface area (Å²) in [6, 6.07) is 0. The Balaban J connectivity index is 2.38. The van der Waals surface area contributed by atoms with Gasteiger partial charge in [0.1, 0.15) is 43.2 Å². The second kappa shape index (κ2) is 39.1. The molecule has 1 saturated carbocycles. The van der Waals surface area contributed by atoms with Gasteiger partial charge in [-0.25, -0.2) is 4.57 Å². The van der Waals surface area contributed by atoms with Crippen LogP contribution in [-0.4, -0.2) is 98.3 Å². The maximum absolute atomic E-state index is 12.8. The van der Waals surface area contributed by atoms with Gasteiger partial charge in [-0.2, -0.15) is 0 Å². The second-order valence-corrected chi connectivity index (χ2v) is 19.4. The number of phosphoric acid groups is 1. The summed E-state index contributed by atoms with van der Waals surface area (Å²) in [6.07, 6.45) is 27.2. The molecule has 0 saturated heterocycles. The summed E-state index contributed by atoms with van der Waals surface area (Å²) in [6.45, 7) is 3.34. The summed E-state index contributed by atoms with van der Waals surface area (Å²) in [5.74, 6) is -1.08. The van der Waals surface area contributed by atoms with Crippen LogP contribution in [0.15, 0.2) is 0 Å². The predicted molar refractivity (Wildman–Crippen MR) is 244 cm³/mol. The SMILES string of the molecule is CCCCCCCCCCCCCCCCCCCCCC(=O)OC(COC(=O)CCCCCCCCCCCCCCCC)COP(=O)(O)OC1C(O)C(O)C(O)C(O)C1O. The molecule has 1 fully saturated rings. The Bertz CT molecular complexity index is 1100. The van der Waals surface area contributed by atoms with Crippen LogP contribution in [0.2, 0.25) is 0 Å². The maximum Gasteiger partial charge on any atom is 0.472 e. The molecule has 0 heterocycles. The van der Waals surface area contributed by atoms with Gasteiger partial charge in [-0.15, -0.1) is 0 Å². The van der Waals surface area contributed by atoms with Gasteiger partial charge in [0, 0.05) is 12.8 Å². The van der Waals surface area contributed by atoms with E-state index in [1.807, 2.05) is 0 Å². The summed E-state index contributed by atoms with van der Waals surface area (Å²) < 4.78 is 33.6. The van der Waals surface area contributed by atoms with Crippen molar-refractivity contribution < 1.29 is 63.1 Å². The van der Waals surface area contributed by atoms with Gasteiger partial charge >= 0.3 is 19.8 Å². The third kappa shape index (κ3) is 30.9. The molecular formula is C48H93O13P. The van der Waals surface area contributed by atoms with Gasteiger partial charge < -0.3 is 39.9 Å². The number of unbranched alkanes of at least 4 members (excludes halogenated alkanes) is 31. The van der Waals surface area contributed by atoms with E-state index >= 15 is 0 Å². The number of phosphoric ester groups is 1. The number of carbonyl (C=O) groups is 2. The Morgan fingerprint density at radius 1 is 0.435 bits per heavy atom. The van der Waals surface area contributed by atoms with E-state index < -0.39 is 75.7 Å². The van der Waals surface area contributed by atoms with E-state index in [1.54, 1.807) is 0 Å². The van der Waals surface area contributed by atoms with Crippen molar-refractivity contribution in [2.45, 2.75) is 281 Å². The fraction of sp³-hybridized carbons (Fsp3) is 0.958. The van der Waals surface area contributed by atoms with Gasteiger partial charge in [0.15, 0.2) is 6.10 Å². The fourth-order valence-electron chi connectivity index (χ4n) is 8.11. The molecule has 0 spiro atoms. The lowest BCUT2D eigenvalue weighted by Gasteiger charge is -2.41. The van der Waals surface area contributed by atoms with E-state index in [0.717, 1.165) is 38.5 Å². The number of hydrogen-bond acceptors (Lipinski definition) is 12. The molecule has 6 N–H and O–H groups in total. The maximum atomic E-state index is 12.8. The van der Waals surface area contributed by atoms with E-state index in [2.05, 4.69) is 13.8 Å². The highest BCUT2D eigenvalue weighted by molar-refractivity contribution is 7.47. The summed E-state index contributed by atoms with van der Waals surface area (Å²) >= 11 is 0. The van der Waals surface area contributed by atoms with Crippen LogP contribution in [0.25, 0.3) is 0 Å². The largest absolute Gasteiger partial charge is 0.472 e. The molecule has 0 amide bonds. The first-order valence-corrected chi connectivity index (χ1v) is 26.8. The predicted octanol–water partition coefficient (Wildman–Crippen LogP) is 10.5. The molecule has 14 heteroatoms. The molecule has 1 aliphatic rings. The molecule has 0 radical (unpaired) electrons. The highest BCUT2D eigenvalue weighted by Crippen LogP contribution is 2.47. The van der Waals surface area contributed by atoms with E-state index in [1.165, 1.54) is 161 Å². The van der Waals surface area contributed by atoms with Gasteiger partial charge in [-0.3, -0.25) is 18.6 Å². The highest BCUT2D eigenvalue weighted by atomic mass is 31.2. The van der Waals surface area contributed by atoms with Gasteiger partial charge in [-0.1, -0.05) is 213 Å². The zero-order chi connectivity index (χ0) is 45.7. The van der Waals surface area contributed by atoms with E-state index in [0.29, 0.717) is 12.8 Å². The topological polar surface area (TPSA) is 210 Å². The minimum Gasteiger partial charge on any atom is -0.462 e. The second-order valence-electron chi connectivity index (χ2n) is 18.0. The molecule has 62 heavy (non-hydrogen) atoms. The quantitative estimate of drug-likeness (QED) is 0.0191. The van der Waals surface area contributed by atoms with Crippen molar-refractivity contribution in [2.75, 3.05) is 13.2 Å². The minimum atomic E-state index is -5.11. The monoisotopic (exact) mass is 909 g/mol. The van der Waals surface area contributed by atoms with Crippen molar-refractivity contribution in [2.24, 2.45) is 0 Å². The summed E-state index contributed by atoms with van der Waals surface area (Å²) in [7, 11) is -5.11. The van der Waals surface area contributed by atoms with Crippen LogP contribution in [0.1, 0.15) is 239 Å². The van der Waals surface area contributed by atoms with Crippen LogP contribution < -0.4 is 0 Å². The number of hydrogen-bond donors (Lipinski definition) is 6. The summed E-state index contributed by atoms with van der Waals surface area (Å²) in [5, 5.41) is 50.2. The Morgan fingerprint density at radius 3 is 1.06 bits per heavy atom. The molecule has 1 aliphatic carbocycles. The van der Waals surface area contributed by atoms with Gasteiger partial charge in [-0.05, 0) is 12.8 Å². The molecule has 368 valence electrons. The number of carbonyl (C=O) groups excluding carboxylic acids is 2. The Labute approximate surface area is 376 Å². The lowest BCUT2D eigenvalue weighted by Crippen LogP contribution is -2.64. The molecule has 0 bridgehead atoms. The molecule has 0 aliphatic heterocycles. The van der Waals surface area contributed by atoms with Crippen molar-refractivity contribution in [1.82, 2.24) is 0 Å². The Hall–Kier alpha value is -1.15. The zero-order valence-electron chi connectivity index (χ0n) is 39.2. The van der Waals surface area contributed by atoms with Crippen LogP contribution in [0, 0.1) is 0 Å². The Kier molecular flexibility index (Phi) is 37.1. The van der Waals surface area contributed by atoms with E-state index in [4.69, 9.17) is 18.5 Å². The molecule has 0 aromatic carbocycles. The van der Waals surface area contributed by atoms with Crippen LogP contribution in [0.3, 0.4) is 0 Å². The van der Waals surface area contributed by atoms with Crippen LogP contribution in [0.5, 0.6) is 0 Å². The molecule has 13 nitrogen and oxygen atoms in total. The number of ether oxygens (including phenoxy) is 2. The average molecular weight is 909 g/mol. The third-order valence-electron chi connectivity index (χ3n) is 12.2. The highest BCUT2D eigenvalue weighted by Gasteiger charge is 2.51. The van der Waals surface area contributed by atoms with Crippen molar-refractivity contribution in [3.05, 3.63) is 0 Å². The van der Waals surface area contributed by atoms with Gasteiger partial charge in [0.2, 0.25) is 0 Å². The molecule has 0 aromatic heterocycles. The first kappa shape index (κ1) is 58.9. The molecule has 6 atom stereocenters. The van der Waals surface area contributed by atoms with Gasteiger partial charge in [0.05, 0.1) is 6.61 Å². The molecule has 6 unspecified atom stereocenters. The third-order valence-corrected chi connectivity index (χ3v) is 13.2. The van der Waals surface area contributed by atoms with E-state index in [-0.39, 0.29) is 12.8 Å². The van der Waals surface area contributed by atoms with Crippen LogP contribution in [0.4, 0.5) is 0 Å². The number of rotatable bonds is 43. The van der Waals surface area contributed by atoms with Crippen molar-refractivity contribution >= 4 is 19.8 Å². The van der Waals surface area contributed by atoms with Crippen LogP contribution in [-0.2, 0) is 32.7 Å². The molecule has 1 rings (SSSR count). The van der Waals surface area contributed by atoms with E-state index in [9.17, 15) is 44.6 Å². The lowest BCUT2D eigenvalue weighted by atomic mass is 9.85. The number of aliphatic hydroxyl groups excluding tert-OH is 5. The number of aliphatic hydroxyl groups is 5. The average Bonchev–Trinajstić information content (AvgIpc) is 3.25. The van der Waals surface area contributed by atoms with Crippen molar-refractivity contribution in [1.29, 1.82) is 0 Å². The Morgan fingerprint density at radius 2 is 0.726 bits per heavy atom. The van der Waals surface area contributed by atoms with Gasteiger partial charge in [0.25, 0.3) is 0 Å². The molecular weight excluding hydrogens is 815 g/mol. The normalized spacial score (nSPS) is 21.7. The standard InChI is InChI=1S/C48H93O13P/c1-3-5-7-9-11-13-15-17-19-20-21-22-23-25-27-29-31-33-35-37-42(50)60-40(39-59-62(56,57)61-48-46(54)44(52)43(51)45(53)47(48)55)38-58-41(49)36-34-32-30-28-26-24-18-16-14-12-10-8-6-4-2/h40,43-48,51-55H,3-39H2,1-2H3,(H,56,57). The summed E-state index contributed by atoms with van der Waals surface area (Å²) in [5.41, 5.74) is 0. The molecule has 0 aromatic rings. The first-order chi connectivity index (χ1) is 29.9. The lowest BCUT2D eigenvalue weighted by molar-refractivity contribution is -0.220. The van der Waals surface area contributed by atoms with Crippen molar-refractivity contribution in [3.63, 3.8) is 0 Å².